The molecule has 142 valence electrons. The quantitative estimate of drug-likeness (QED) is 0.260. The molecule has 1 aliphatic carbocycles. The van der Waals surface area contributed by atoms with E-state index in [1.807, 2.05) is 26.1 Å². The molecule has 0 bridgehead atoms. The van der Waals surface area contributed by atoms with Crippen LogP contribution in [0.5, 0.6) is 0 Å². The van der Waals surface area contributed by atoms with Crippen molar-refractivity contribution >= 4 is 29.9 Å². The molecule has 0 spiro atoms. The fourth-order valence-electron chi connectivity index (χ4n) is 2.75. The second-order valence-corrected chi connectivity index (χ2v) is 6.60. The molecular weight excluding hydrogens is 432 g/mol. The molecule has 0 radical (unpaired) electrons. The maximum atomic E-state index is 13.0. The lowest BCUT2D eigenvalue weighted by Crippen LogP contribution is -2.39. The minimum atomic E-state index is -0.202. The van der Waals surface area contributed by atoms with Gasteiger partial charge in [0.1, 0.15) is 5.82 Å². The first-order chi connectivity index (χ1) is 11.6. The highest BCUT2D eigenvalue weighted by Crippen LogP contribution is 2.49. The van der Waals surface area contributed by atoms with Crippen LogP contribution in [0.25, 0.3) is 0 Å². The predicted molar refractivity (Wildman–Crippen MR) is 112 cm³/mol. The third-order valence-electron chi connectivity index (χ3n) is 4.53. The first kappa shape index (κ1) is 22.2. The summed E-state index contributed by atoms with van der Waals surface area (Å²) in [6, 6.07) is 6.64. The van der Waals surface area contributed by atoms with Gasteiger partial charge in [-0.2, -0.15) is 0 Å². The second kappa shape index (κ2) is 11.0. The lowest BCUT2D eigenvalue weighted by atomic mass is 10.0. The summed E-state index contributed by atoms with van der Waals surface area (Å²) >= 11 is 0. The molecule has 1 aliphatic rings. The van der Waals surface area contributed by atoms with Gasteiger partial charge in [-0.15, -0.1) is 24.0 Å². The van der Waals surface area contributed by atoms with Gasteiger partial charge in [-0.3, -0.25) is 4.99 Å². The van der Waals surface area contributed by atoms with E-state index in [2.05, 4.69) is 17.1 Å². The molecule has 4 nitrogen and oxygen atoms in total. The van der Waals surface area contributed by atoms with Crippen molar-refractivity contribution in [1.29, 1.82) is 0 Å². The standard InChI is InChI=1S/C19H30FN3O.HI/c1-4-21-18(22-15-19(10-11-19)12-13-24-5-2)23(3)14-16-6-8-17(20)9-7-16;/h6-9H,4-5,10-15H2,1-3H3,(H,21,22);1H. The van der Waals surface area contributed by atoms with Crippen LogP contribution in [0, 0.1) is 11.2 Å². The number of hydrogen-bond donors (Lipinski definition) is 1. The molecule has 0 saturated heterocycles. The molecule has 0 aromatic heterocycles. The zero-order chi connectivity index (χ0) is 17.4. The van der Waals surface area contributed by atoms with Crippen molar-refractivity contribution in [3.63, 3.8) is 0 Å². The molecule has 6 heteroatoms. The van der Waals surface area contributed by atoms with Crippen molar-refractivity contribution in [2.75, 3.05) is 33.4 Å². The van der Waals surface area contributed by atoms with Gasteiger partial charge in [0.05, 0.1) is 0 Å². The van der Waals surface area contributed by atoms with E-state index in [0.717, 1.165) is 44.2 Å². The fraction of sp³-hybridized carbons (Fsp3) is 0.632. The number of halogens is 2. The summed E-state index contributed by atoms with van der Waals surface area (Å²) in [6.07, 6.45) is 3.57. The van der Waals surface area contributed by atoms with Gasteiger partial charge >= 0.3 is 0 Å². The van der Waals surface area contributed by atoms with Crippen LogP contribution >= 0.6 is 24.0 Å². The lowest BCUT2D eigenvalue weighted by Gasteiger charge is -2.23. The summed E-state index contributed by atoms with van der Waals surface area (Å²) < 4.78 is 18.5. The van der Waals surface area contributed by atoms with Gasteiger partial charge in [0.25, 0.3) is 0 Å². The van der Waals surface area contributed by atoms with E-state index in [0.29, 0.717) is 12.0 Å². The molecule has 0 heterocycles. The predicted octanol–water partition coefficient (Wildman–Crippen LogP) is 4.05. The van der Waals surface area contributed by atoms with Gasteiger partial charge in [-0.1, -0.05) is 12.1 Å². The van der Waals surface area contributed by atoms with E-state index >= 15 is 0 Å². The smallest absolute Gasteiger partial charge is 0.193 e. The maximum absolute atomic E-state index is 13.0. The highest BCUT2D eigenvalue weighted by atomic mass is 127. The fourth-order valence-corrected chi connectivity index (χ4v) is 2.75. The number of aliphatic imine (C=N–C) groups is 1. The monoisotopic (exact) mass is 463 g/mol. The molecule has 1 aromatic carbocycles. The summed E-state index contributed by atoms with van der Waals surface area (Å²) in [5.41, 5.74) is 1.41. The number of nitrogens with zero attached hydrogens (tertiary/aromatic N) is 2. The van der Waals surface area contributed by atoms with Crippen molar-refractivity contribution in [3.8, 4) is 0 Å². The molecule has 25 heavy (non-hydrogen) atoms. The molecule has 2 rings (SSSR count). The highest BCUT2D eigenvalue weighted by Gasteiger charge is 2.42. The van der Waals surface area contributed by atoms with Crippen molar-refractivity contribution < 1.29 is 9.13 Å². The number of hydrogen-bond acceptors (Lipinski definition) is 2. The zero-order valence-corrected chi connectivity index (χ0v) is 17.9. The maximum Gasteiger partial charge on any atom is 0.193 e. The Balaban J connectivity index is 0.00000312. The molecule has 1 saturated carbocycles. The Labute approximate surface area is 168 Å². The zero-order valence-electron chi connectivity index (χ0n) is 15.6. The van der Waals surface area contributed by atoms with E-state index in [4.69, 9.17) is 9.73 Å². The molecule has 0 aliphatic heterocycles. The van der Waals surface area contributed by atoms with Gasteiger partial charge < -0.3 is 15.0 Å². The van der Waals surface area contributed by atoms with E-state index < -0.39 is 0 Å². The van der Waals surface area contributed by atoms with Crippen LogP contribution in [0.1, 0.15) is 38.7 Å². The number of guanidine groups is 1. The van der Waals surface area contributed by atoms with Gasteiger partial charge in [0.15, 0.2) is 5.96 Å². The largest absolute Gasteiger partial charge is 0.382 e. The summed E-state index contributed by atoms with van der Waals surface area (Å²) in [7, 11) is 2.02. The summed E-state index contributed by atoms with van der Waals surface area (Å²) in [5, 5.41) is 3.35. The summed E-state index contributed by atoms with van der Waals surface area (Å²) in [6.45, 7) is 8.10. The first-order valence-electron chi connectivity index (χ1n) is 8.90. The third-order valence-corrected chi connectivity index (χ3v) is 4.53. The molecule has 0 unspecified atom stereocenters. The van der Waals surface area contributed by atoms with Gasteiger partial charge in [-0.05, 0) is 56.2 Å². The van der Waals surface area contributed by atoms with Crippen LogP contribution in [0.4, 0.5) is 4.39 Å². The SMILES string of the molecule is CCNC(=NCC1(CCOCC)CC1)N(C)Cc1ccc(F)cc1.I. The molecule has 1 aromatic rings. The lowest BCUT2D eigenvalue weighted by molar-refractivity contribution is 0.129. The van der Waals surface area contributed by atoms with Crippen molar-refractivity contribution in [1.82, 2.24) is 10.2 Å². The van der Waals surface area contributed by atoms with Crippen molar-refractivity contribution in [2.24, 2.45) is 10.4 Å². The van der Waals surface area contributed by atoms with E-state index in [-0.39, 0.29) is 29.8 Å². The summed E-state index contributed by atoms with van der Waals surface area (Å²) in [5.74, 6) is 0.705. The minimum Gasteiger partial charge on any atom is -0.382 e. The minimum absolute atomic E-state index is 0. The van der Waals surface area contributed by atoms with Gasteiger partial charge in [0.2, 0.25) is 0 Å². The Morgan fingerprint density at radius 1 is 1.28 bits per heavy atom. The molecule has 0 amide bonds. The van der Waals surface area contributed by atoms with E-state index in [1.165, 1.54) is 25.0 Å². The Bertz CT molecular complexity index is 532. The van der Waals surface area contributed by atoms with Gasteiger partial charge in [0, 0.05) is 39.9 Å². The Morgan fingerprint density at radius 2 is 1.96 bits per heavy atom. The van der Waals surface area contributed by atoms with E-state index in [1.54, 1.807) is 0 Å². The number of nitrogens with one attached hydrogen (secondary N) is 1. The number of benzene rings is 1. The van der Waals surface area contributed by atoms with Crippen molar-refractivity contribution in [3.05, 3.63) is 35.6 Å². The molecule has 0 atom stereocenters. The summed E-state index contributed by atoms with van der Waals surface area (Å²) in [4.78, 5) is 6.93. The van der Waals surface area contributed by atoms with Crippen LogP contribution in [0.2, 0.25) is 0 Å². The first-order valence-corrected chi connectivity index (χ1v) is 8.90. The third kappa shape index (κ3) is 7.48. The van der Waals surface area contributed by atoms with Crippen LogP contribution in [-0.4, -0.2) is 44.2 Å². The average molecular weight is 463 g/mol. The topological polar surface area (TPSA) is 36.9 Å². The number of ether oxygens (including phenoxy) is 1. The van der Waals surface area contributed by atoms with Crippen molar-refractivity contribution in [2.45, 2.75) is 39.7 Å². The number of rotatable bonds is 9. The highest BCUT2D eigenvalue weighted by molar-refractivity contribution is 14.0. The average Bonchev–Trinajstić information content (AvgIpc) is 3.34. The second-order valence-electron chi connectivity index (χ2n) is 6.60. The molecule has 1 N–H and O–H groups in total. The Morgan fingerprint density at radius 3 is 2.52 bits per heavy atom. The van der Waals surface area contributed by atoms with Crippen LogP contribution in [-0.2, 0) is 11.3 Å². The van der Waals surface area contributed by atoms with Crippen LogP contribution in [0.15, 0.2) is 29.3 Å². The normalized spacial score (nSPS) is 15.4. The van der Waals surface area contributed by atoms with E-state index in [9.17, 15) is 4.39 Å². The molecular formula is C19H31FIN3O. The Kier molecular flexibility index (Phi) is 9.71. The van der Waals surface area contributed by atoms with Crippen LogP contribution in [0.3, 0.4) is 0 Å². The van der Waals surface area contributed by atoms with Crippen LogP contribution < -0.4 is 5.32 Å². The molecule has 1 fully saturated rings. The Hall–Kier alpha value is -0.890. The van der Waals surface area contributed by atoms with Gasteiger partial charge in [-0.25, -0.2) is 4.39 Å².